The van der Waals surface area contributed by atoms with Crippen LogP contribution in [0.4, 0.5) is 0 Å². The lowest BCUT2D eigenvalue weighted by atomic mass is 10.0. The van der Waals surface area contributed by atoms with Crippen molar-refractivity contribution in [3.05, 3.63) is 41.8 Å². The van der Waals surface area contributed by atoms with E-state index in [9.17, 15) is 0 Å². The van der Waals surface area contributed by atoms with Gasteiger partial charge in [0, 0.05) is 5.56 Å². The summed E-state index contributed by atoms with van der Waals surface area (Å²) in [4.78, 5) is 0. The van der Waals surface area contributed by atoms with Crippen LogP contribution in [0.1, 0.15) is 30.2 Å². The number of benzene rings is 1. The van der Waals surface area contributed by atoms with Crippen LogP contribution in [-0.4, -0.2) is 11.7 Å². The zero-order chi connectivity index (χ0) is 11.7. The molecule has 1 aliphatic heterocycles. The van der Waals surface area contributed by atoms with Gasteiger partial charge in [-0.05, 0) is 31.9 Å². The molecule has 0 spiro atoms. The van der Waals surface area contributed by atoms with Crippen molar-refractivity contribution >= 4 is 0 Å². The maximum Gasteiger partial charge on any atom is 0.161 e. The molecule has 1 saturated heterocycles. The lowest BCUT2D eigenvalue weighted by molar-refractivity contribution is 0.352. The molecule has 3 heteroatoms. The van der Waals surface area contributed by atoms with Gasteiger partial charge < -0.3 is 9.84 Å². The second kappa shape index (κ2) is 4.34. The van der Waals surface area contributed by atoms with Crippen LogP contribution in [0.3, 0.4) is 0 Å². The minimum absolute atomic E-state index is 0.328. The van der Waals surface area contributed by atoms with Crippen molar-refractivity contribution in [1.82, 2.24) is 10.5 Å². The Morgan fingerprint density at radius 3 is 2.82 bits per heavy atom. The molecule has 3 rings (SSSR count). The summed E-state index contributed by atoms with van der Waals surface area (Å²) in [5.41, 5.74) is 3.57. The second-order valence-corrected chi connectivity index (χ2v) is 4.62. The van der Waals surface area contributed by atoms with E-state index in [4.69, 9.17) is 4.52 Å². The second-order valence-electron chi connectivity index (χ2n) is 4.62. The highest BCUT2D eigenvalue weighted by molar-refractivity contribution is 5.65. The molecule has 17 heavy (non-hydrogen) atoms. The molecule has 0 saturated carbocycles. The van der Waals surface area contributed by atoms with E-state index in [1.807, 2.05) is 6.20 Å². The average molecular weight is 228 g/mol. The molecular formula is C14H16N2O. The number of nitrogens with zero attached hydrogens (tertiary/aromatic N) is 1. The van der Waals surface area contributed by atoms with E-state index in [2.05, 4.69) is 41.7 Å². The molecule has 1 N–H and O–H groups in total. The van der Waals surface area contributed by atoms with Gasteiger partial charge in [0.05, 0.1) is 12.2 Å². The van der Waals surface area contributed by atoms with Crippen LogP contribution in [0, 0.1) is 6.92 Å². The molecule has 1 aromatic carbocycles. The lowest BCUT2D eigenvalue weighted by Gasteiger charge is -2.08. The summed E-state index contributed by atoms with van der Waals surface area (Å²) in [6.07, 6.45) is 4.16. The van der Waals surface area contributed by atoms with Crippen molar-refractivity contribution in [2.24, 2.45) is 0 Å². The van der Waals surface area contributed by atoms with Crippen LogP contribution in [0.5, 0.6) is 0 Å². The van der Waals surface area contributed by atoms with Gasteiger partial charge in [0.1, 0.15) is 0 Å². The normalized spacial score (nSPS) is 19.7. The fourth-order valence-corrected chi connectivity index (χ4v) is 2.36. The minimum Gasteiger partial charge on any atom is -0.359 e. The van der Waals surface area contributed by atoms with Gasteiger partial charge in [-0.3, -0.25) is 0 Å². The predicted octanol–water partition coefficient (Wildman–Crippen LogP) is 3.07. The van der Waals surface area contributed by atoms with Gasteiger partial charge in [-0.1, -0.05) is 35.0 Å². The van der Waals surface area contributed by atoms with Crippen LogP contribution in [0.25, 0.3) is 11.1 Å². The summed E-state index contributed by atoms with van der Waals surface area (Å²) in [6, 6.07) is 8.82. The molecule has 0 aliphatic carbocycles. The van der Waals surface area contributed by atoms with Gasteiger partial charge in [-0.2, -0.15) is 0 Å². The summed E-state index contributed by atoms with van der Waals surface area (Å²) in [5.74, 6) is 0.978. The molecule has 0 bridgehead atoms. The number of nitrogens with one attached hydrogen (secondary N) is 1. The summed E-state index contributed by atoms with van der Waals surface area (Å²) < 4.78 is 5.42. The maximum absolute atomic E-state index is 5.42. The van der Waals surface area contributed by atoms with Crippen LogP contribution in [-0.2, 0) is 0 Å². The quantitative estimate of drug-likeness (QED) is 0.858. The molecule has 2 heterocycles. The first-order valence-electron chi connectivity index (χ1n) is 6.09. The Morgan fingerprint density at radius 2 is 2.12 bits per heavy atom. The first-order valence-corrected chi connectivity index (χ1v) is 6.09. The van der Waals surface area contributed by atoms with Crippen molar-refractivity contribution in [2.45, 2.75) is 25.8 Å². The largest absolute Gasteiger partial charge is 0.359 e. The fraction of sp³-hybridized carbons (Fsp3) is 0.357. The monoisotopic (exact) mass is 228 g/mol. The van der Waals surface area contributed by atoms with Crippen molar-refractivity contribution in [3.8, 4) is 11.1 Å². The summed E-state index contributed by atoms with van der Waals surface area (Å²) >= 11 is 0. The Morgan fingerprint density at radius 1 is 1.29 bits per heavy atom. The summed E-state index contributed by atoms with van der Waals surface area (Å²) in [6.45, 7) is 3.16. The fourth-order valence-electron chi connectivity index (χ4n) is 2.36. The van der Waals surface area contributed by atoms with Gasteiger partial charge in [0.25, 0.3) is 0 Å². The van der Waals surface area contributed by atoms with E-state index in [0.29, 0.717) is 6.04 Å². The molecule has 1 aliphatic rings. The Bertz CT molecular complexity index is 495. The van der Waals surface area contributed by atoms with Crippen molar-refractivity contribution in [2.75, 3.05) is 6.54 Å². The van der Waals surface area contributed by atoms with Crippen molar-refractivity contribution in [3.63, 3.8) is 0 Å². The summed E-state index contributed by atoms with van der Waals surface area (Å²) in [5, 5.41) is 7.40. The molecule has 1 atom stereocenters. The van der Waals surface area contributed by atoms with Crippen LogP contribution in [0.2, 0.25) is 0 Å². The number of aryl methyl sites for hydroxylation is 1. The van der Waals surface area contributed by atoms with Crippen LogP contribution < -0.4 is 5.32 Å². The van der Waals surface area contributed by atoms with Gasteiger partial charge >= 0.3 is 0 Å². The van der Waals surface area contributed by atoms with Gasteiger partial charge in [-0.25, -0.2) is 0 Å². The highest BCUT2D eigenvalue weighted by atomic mass is 16.5. The number of rotatable bonds is 2. The van der Waals surface area contributed by atoms with E-state index in [1.165, 1.54) is 17.5 Å². The molecule has 3 nitrogen and oxygen atoms in total. The Balaban J connectivity index is 1.97. The predicted molar refractivity (Wildman–Crippen MR) is 66.7 cm³/mol. The molecule has 0 amide bonds. The third kappa shape index (κ3) is 1.98. The smallest absolute Gasteiger partial charge is 0.161 e. The number of hydrogen-bond acceptors (Lipinski definition) is 3. The molecule has 0 radical (unpaired) electrons. The first-order chi connectivity index (χ1) is 8.34. The molecule has 1 unspecified atom stereocenters. The van der Waals surface area contributed by atoms with Gasteiger partial charge in [0.2, 0.25) is 0 Å². The molecular weight excluding hydrogens is 212 g/mol. The van der Waals surface area contributed by atoms with E-state index in [0.717, 1.165) is 24.3 Å². The van der Waals surface area contributed by atoms with Crippen molar-refractivity contribution < 1.29 is 4.52 Å². The van der Waals surface area contributed by atoms with E-state index >= 15 is 0 Å². The van der Waals surface area contributed by atoms with Gasteiger partial charge in [-0.15, -0.1) is 0 Å². The topological polar surface area (TPSA) is 38.1 Å². The summed E-state index contributed by atoms with van der Waals surface area (Å²) in [7, 11) is 0. The van der Waals surface area contributed by atoms with E-state index < -0.39 is 0 Å². The third-order valence-corrected chi connectivity index (χ3v) is 3.34. The van der Waals surface area contributed by atoms with E-state index in [-0.39, 0.29) is 0 Å². The highest BCUT2D eigenvalue weighted by Gasteiger charge is 2.23. The molecule has 1 fully saturated rings. The molecule has 1 aromatic heterocycles. The number of hydrogen-bond donors (Lipinski definition) is 1. The first kappa shape index (κ1) is 10.5. The SMILES string of the molecule is Cc1ccc(-c2cnoc2C2CCCN2)cc1. The van der Waals surface area contributed by atoms with Crippen LogP contribution in [0.15, 0.2) is 35.0 Å². The van der Waals surface area contributed by atoms with E-state index in [1.54, 1.807) is 0 Å². The van der Waals surface area contributed by atoms with Crippen LogP contribution >= 0.6 is 0 Å². The zero-order valence-electron chi connectivity index (χ0n) is 9.94. The average Bonchev–Trinajstić information content (AvgIpc) is 3.00. The zero-order valence-corrected chi connectivity index (χ0v) is 9.94. The Hall–Kier alpha value is -1.61. The third-order valence-electron chi connectivity index (χ3n) is 3.34. The Kier molecular flexibility index (Phi) is 2.69. The number of aromatic nitrogens is 1. The maximum atomic E-state index is 5.42. The van der Waals surface area contributed by atoms with Gasteiger partial charge in [0.15, 0.2) is 5.76 Å². The standard InChI is InChI=1S/C14H16N2O/c1-10-4-6-11(7-5-10)12-9-16-17-14(12)13-3-2-8-15-13/h4-7,9,13,15H,2-3,8H2,1H3. The minimum atomic E-state index is 0.328. The molecule has 88 valence electrons. The molecule has 2 aromatic rings. The van der Waals surface area contributed by atoms with Crippen molar-refractivity contribution in [1.29, 1.82) is 0 Å². The lowest BCUT2D eigenvalue weighted by Crippen LogP contribution is -2.12. The highest BCUT2D eigenvalue weighted by Crippen LogP contribution is 2.32. The Labute approximate surface area is 101 Å².